The van der Waals surface area contributed by atoms with Gasteiger partial charge in [0, 0.05) is 19.6 Å². The Morgan fingerprint density at radius 1 is 1.22 bits per heavy atom. The van der Waals surface area contributed by atoms with Gasteiger partial charge in [0.05, 0.1) is 13.2 Å². The minimum absolute atomic E-state index is 0. The molecule has 130 valence electrons. The number of aliphatic imine (C=N–C) groups is 1. The molecular weight excluding hydrogens is 403 g/mol. The van der Waals surface area contributed by atoms with Gasteiger partial charge in [-0.05, 0) is 51.1 Å². The number of rotatable bonds is 8. The highest BCUT2D eigenvalue weighted by molar-refractivity contribution is 14.0. The summed E-state index contributed by atoms with van der Waals surface area (Å²) in [7, 11) is 6.16. The van der Waals surface area contributed by atoms with Gasteiger partial charge in [-0.15, -0.1) is 24.0 Å². The van der Waals surface area contributed by atoms with Gasteiger partial charge in [0.25, 0.3) is 0 Å². The van der Waals surface area contributed by atoms with Crippen LogP contribution >= 0.6 is 24.0 Å². The van der Waals surface area contributed by atoms with E-state index in [1.165, 1.54) is 12.8 Å². The van der Waals surface area contributed by atoms with Crippen molar-refractivity contribution in [2.45, 2.75) is 31.8 Å². The molecule has 2 N–H and O–H groups in total. The van der Waals surface area contributed by atoms with Crippen LogP contribution in [0.15, 0.2) is 29.3 Å². The normalized spacial score (nSPS) is 14.5. The number of hydrogen-bond acceptors (Lipinski definition) is 3. The number of nitrogens with zero attached hydrogens (tertiary/aromatic N) is 3. The first kappa shape index (κ1) is 20.0. The molecule has 5 nitrogen and oxygen atoms in total. The zero-order valence-corrected chi connectivity index (χ0v) is 16.7. The summed E-state index contributed by atoms with van der Waals surface area (Å²) in [6.45, 7) is 2.40. The van der Waals surface area contributed by atoms with E-state index in [0.29, 0.717) is 18.5 Å². The molecular formula is C17H29IN4O. The first-order valence-electron chi connectivity index (χ1n) is 7.95. The van der Waals surface area contributed by atoms with E-state index >= 15 is 0 Å². The predicted molar refractivity (Wildman–Crippen MR) is 107 cm³/mol. The van der Waals surface area contributed by atoms with Crippen molar-refractivity contribution in [1.82, 2.24) is 9.80 Å². The van der Waals surface area contributed by atoms with Gasteiger partial charge < -0.3 is 20.3 Å². The number of hydrogen-bond donors (Lipinski definition) is 1. The lowest BCUT2D eigenvalue weighted by Gasteiger charge is -2.16. The lowest BCUT2D eigenvalue weighted by atomic mass is 10.2. The van der Waals surface area contributed by atoms with Crippen LogP contribution < -0.4 is 10.5 Å². The molecule has 1 aromatic carbocycles. The summed E-state index contributed by atoms with van der Waals surface area (Å²) in [6.07, 6.45) is 3.49. The summed E-state index contributed by atoms with van der Waals surface area (Å²) >= 11 is 0. The Bertz CT molecular complexity index is 486. The number of nitrogens with two attached hydrogens (primary N) is 1. The lowest BCUT2D eigenvalue weighted by Crippen LogP contribution is -2.35. The van der Waals surface area contributed by atoms with E-state index in [9.17, 15) is 0 Å². The van der Waals surface area contributed by atoms with Crippen molar-refractivity contribution in [3.8, 4) is 5.75 Å². The van der Waals surface area contributed by atoms with Crippen molar-refractivity contribution >= 4 is 29.9 Å². The maximum Gasteiger partial charge on any atom is 0.191 e. The second-order valence-electron chi connectivity index (χ2n) is 6.17. The Morgan fingerprint density at radius 2 is 1.87 bits per heavy atom. The van der Waals surface area contributed by atoms with Crippen LogP contribution in [0, 0.1) is 0 Å². The van der Waals surface area contributed by atoms with Crippen molar-refractivity contribution in [3.63, 3.8) is 0 Å². The van der Waals surface area contributed by atoms with Crippen LogP contribution in [0.2, 0.25) is 0 Å². The summed E-state index contributed by atoms with van der Waals surface area (Å²) in [6, 6.07) is 8.70. The minimum atomic E-state index is 0. The monoisotopic (exact) mass is 432 g/mol. The van der Waals surface area contributed by atoms with Crippen LogP contribution in [-0.4, -0.2) is 56.1 Å². The van der Waals surface area contributed by atoms with Crippen LogP contribution in [0.25, 0.3) is 0 Å². The van der Waals surface area contributed by atoms with Crippen molar-refractivity contribution in [1.29, 1.82) is 0 Å². The minimum Gasteiger partial charge on any atom is -0.494 e. The van der Waals surface area contributed by atoms with Crippen LogP contribution in [0.1, 0.15) is 24.8 Å². The number of guanidine groups is 1. The molecule has 1 aromatic rings. The van der Waals surface area contributed by atoms with Gasteiger partial charge in [-0.2, -0.15) is 0 Å². The van der Waals surface area contributed by atoms with E-state index in [4.69, 9.17) is 10.5 Å². The van der Waals surface area contributed by atoms with Gasteiger partial charge in [-0.1, -0.05) is 12.1 Å². The molecule has 1 aliphatic rings. The average molecular weight is 432 g/mol. The summed E-state index contributed by atoms with van der Waals surface area (Å²) < 4.78 is 5.72. The van der Waals surface area contributed by atoms with Gasteiger partial charge in [0.15, 0.2) is 5.96 Å². The third-order valence-electron chi connectivity index (χ3n) is 3.82. The second-order valence-corrected chi connectivity index (χ2v) is 6.17. The van der Waals surface area contributed by atoms with Gasteiger partial charge in [-0.3, -0.25) is 0 Å². The molecule has 23 heavy (non-hydrogen) atoms. The fourth-order valence-electron chi connectivity index (χ4n) is 2.19. The second kappa shape index (κ2) is 9.97. The van der Waals surface area contributed by atoms with E-state index < -0.39 is 0 Å². The van der Waals surface area contributed by atoms with E-state index in [2.05, 4.69) is 41.0 Å². The summed E-state index contributed by atoms with van der Waals surface area (Å²) in [4.78, 5) is 8.69. The zero-order chi connectivity index (χ0) is 15.9. The highest BCUT2D eigenvalue weighted by Gasteiger charge is 2.27. The maximum atomic E-state index is 5.99. The average Bonchev–Trinajstić information content (AvgIpc) is 3.34. The Labute approximate surface area is 156 Å². The Kier molecular flexibility index (Phi) is 8.68. The van der Waals surface area contributed by atoms with E-state index in [-0.39, 0.29) is 24.0 Å². The molecule has 1 fully saturated rings. The molecule has 0 aromatic heterocycles. The first-order valence-corrected chi connectivity index (χ1v) is 7.95. The summed E-state index contributed by atoms with van der Waals surface area (Å²) in [5, 5.41) is 0. The lowest BCUT2D eigenvalue weighted by molar-refractivity contribution is 0.281. The zero-order valence-electron chi connectivity index (χ0n) is 14.4. The van der Waals surface area contributed by atoms with Crippen molar-refractivity contribution in [2.24, 2.45) is 10.7 Å². The number of ether oxygens (including phenoxy) is 1. The van der Waals surface area contributed by atoms with E-state index in [0.717, 1.165) is 30.9 Å². The maximum absolute atomic E-state index is 5.99. The smallest absolute Gasteiger partial charge is 0.191 e. The molecule has 0 amide bonds. The SMILES string of the molecule is CN(C)CCCOc1ccc(CN=C(N)N(C)C2CC2)cc1.I. The Hall–Kier alpha value is -1.02. The van der Waals surface area contributed by atoms with Crippen LogP contribution in [0.3, 0.4) is 0 Å². The third-order valence-corrected chi connectivity index (χ3v) is 3.82. The fourth-order valence-corrected chi connectivity index (χ4v) is 2.19. The molecule has 0 heterocycles. The van der Waals surface area contributed by atoms with E-state index in [1.54, 1.807) is 0 Å². The predicted octanol–water partition coefficient (Wildman–Crippen LogP) is 2.54. The highest BCUT2D eigenvalue weighted by atomic mass is 127. The highest BCUT2D eigenvalue weighted by Crippen LogP contribution is 2.25. The molecule has 0 unspecified atom stereocenters. The molecule has 0 spiro atoms. The van der Waals surface area contributed by atoms with Gasteiger partial charge in [0.1, 0.15) is 5.75 Å². The standard InChI is InChI=1S/C17H28N4O.HI/c1-20(2)11-4-12-22-16-9-5-14(6-10-16)13-19-17(18)21(3)15-7-8-15;/h5-6,9-10,15H,4,7-8,11-13H2,1-3H3,(H2,18,19);1H. The summed E-state index contributed by atoms with van der Waals surface area (Å²) in [5.74, 6) is 1.54. The molecule has 1 aliphatic carbocycles. The quantitative estimate of drug-likeness (QED) is 0.297. The van der Waals surface area contributed by atoms with Gasteiger partial charge in [-0.25, -0.2) is 4.99 Å². The molecule has 2 rings (SSSR count). The topological polar surface area (TPSA) is 54.1 Å². The number of halogens is 1. The molecule has 0 bridgehead atoms. The van der Waals surface area contributed by atoms with Crippen molar-refractivity contribution in [3.05, 3.63) is 29.8 Å². The number of benzene rings is 1. The van der Waals surface area contributed by atoms with Gasteiger partial charge >= 0.3 is 0 Å². The third kappa shape index (κ3) is 7.39. The molecule has 0 atom stereocenters. The Morgan fingerprint density at radius 3 is 2.43 bits per heavy atom. The van der Waals surface area contributed by atoms with Crippen LogP contribution in [0.5, 0.6) is 5.75 Å². The fraction of sp³-hybridized carbons (Fsp3) is 0.588. The summed E-state index contributed by atoms with van der Waals surface area (Å²) in [5.41, 5.74) is 7.13. The van der Waals surface area contributed by atoms with Crippen LogP contribution in [0.4, 0.5) is 0 Å². The Balaban J connectivity index is 0.00000264. The molecule has 6 heteroatoms. The molecule has 0 aliphatic heterocycles. The first-order chi connectivity index (χ1) is 10.6. The van der Waals surface area contributed by atoms with Crippen molar-refractivity contribution in [2.75, 3.05) is 34.3 Å². The van der Waals surface area contributed by atoms with Crippen molar-refractivity contribution < 1.29 is 4.74 Å². The molecule has 0 saturated heterocycles. The molecule has 0 radical (unpaired) electrons. The molecule has 1 saturated carbocycles. The van der Waals surface area contributed by atoms with Gasteiger partial charge in [0.2, 0.25) is 0 Å². The van der Waals surface area contributed by atoms with E-state index in [1.807, 2.05) is 19.2 Å². The van der Waals surface area contributed by atoms with Crippen LogP contribution in [-0.2, 0) is 6.54 Å². The largest absolute Gasteiger partial charge is 0.494 e.